The van der Waals surface area contributed by atoms with Gasteiger partial charge in [-0.3, -0.25) is 4.79 Å². The van der Waals surface area contributed by atoms with Crippen LogP contribution in [0.25, 0.3) is 10.9 Å². The molecule has 0 aliphatic heterocycles. The summed E-state index contributed by atoms with van der Waals surface area (Å²) in [5, 5.41) is 0.761. The molecule has 0 fully saturated rings. The van der Waals surface area contributed by atoms with Crippen LogP contribution in [0.15, 0.2) is 24.3 Å². The predicted octanol–water partition coefficient (Wildman–Crippen LogP) is 2.65. The van der Waals surface area contributed by atoms with Crippen LogP contribution in [0.1, 0.15) is 35.8 Å². The maximum absolute atomic E-state index is 12.1. The molecule has 2 rings (SSSR count). The van der Waals surface area contributed by atoms with Crippen molar-refractivity contribution in [2.24, 2.45) is 0 Å². The number of aromatic nitrogens is 1. The summed E-state index contributed by atoms with van der Waals surface area (Å²) < 4.78 is 4.52. The van der Waals surface area contributed by atoms with Gasteiger partial charge in [-0.15, -0.1) is 0 Å². The lowest BCUT2D eigenvalue weighted by molar-refractivity contribution is -0.135. The fraction of sp³-hybridized carbons (Fsp3) is 0.286. The van der Waals surface area contributed by atoms with Crippen LogP contribution in [0, 0.1) is 0 Å². The van der Waals surface area contributed by atoms with E-state index >= 15 is 0 Å². The standard InChI is InChI=1S/C14H15NO3/c1-8(2)12-11(13(16)14(17)18-3)9-6-4-5-7-10(9)15-12/h4-8,15H,1-3H3. The van der Waals surface area contributed by atoms with E-state index < -0.39 is 11.8 Å². The number of ketones is 1. The SMILES string of the molecule is COC(=O)C(=O)c1c(C(C)C)[nH]c2ccccc12. The Hall–Kier alpha value is -2.10. The normalized spacial score (nSPS) is 10.9. The molecular weight excluding hydrogens is 230 g/mol. The Morgan fingerprint density at radius 3 is 2.50 bits per heavy atom. The summed E-state index contributed by atoms with van der Waals surface area (Å²) in [4.78, 5) is 26.7. The number of esters is 1. The van der Waals surface area contributed by atoms with Gasteiger partial charge >= 0.3 is 5.97 Å². The number of carbonyl (C=O) groups excluding carboxylic acids is 2. The fourth-order valence-electron chi connectivity index (χ4n) is 2.04. The molecule has 0 saturated heterocycles. The van der Waals surface area contributed by atoms with Gasteiger partial charge in [0.15, 0.2) is 0 Å². The number of nitrogens with one attached hydrogen (secondary N) is 1. The van der Waals surface area contributed by atoms with E-state index in [1.54, 1.807) is 0 Å². The first kappa shape index (κ1) is 12.4. The van der Waals surface area contributed by atoms with Crippen LogP contribution in [0.3, 0.4) is 0 Å². The molecule has 0 radical (unpaired) electrons. The Morgan fingerprint density at radius 1 is 1.22 bits per heavy atom. The van der Waals surface area contributed by atoms with Gasteiger partial charge in [0.05, 0.1) is 12.7 Å². The Bertz CT molecular complexity index is 611. The average Bonchev–Trinajstić information content (AvgIpc) is 2.76. The minimum atomic E-state index is -0.832. The molecule has 0 aliphatic rings. The number of benzene rings is 1. The lowest BCUT2D eigenvalue weighted by Gasteiger charge is -2.05. The van der Waals surface area contributed by atoms with Gasteiger partial charge in [-0.25, -0.2) is 4.79 Å². The Kier molecular flexibility index (Phi) is 3.19. The molecule has 1 N–H and O–H groups in total. The summed E-state index contributed by atoms with van der Waals surface area (Å²) in [6, 6.07) is 7.44. The van der Waals surface area contributed by atoms with E-state index in [9.17, 15) is 9.59 Å². The number of hydrogen-bond acceptors (Lipinski definition) is 3. The van der Waals surface area contributed by atoms with E-state index in [1.807, 2.05) is 38.1 Å². The smallest absolute Gasteiger partial charge is 0.379 e. The Morgan fingerprint density at radius 2 is 1.89 bits per heavy atom. The van der Waals surface area contributed by atoms with E-state index in [0.29, 0.717) is 5.56 Å². The largest absolute Gasteiger partial charge is 0.463 e. The second kappa shape index (κ2) is 4.64. The van der Waals surface area contributed by atoms with Crippen LogP contribution in [0.2, 0.25) is 0 Å². The lowest BCUT2D eigenvalue weighted by Crippen LogP contribution is -2.17. The highest BCUT2D eigenvalue weighted by molar-refractivity contribution is 6.43. The van der Waals surface area contributed by atoms with Gasteiger partial charge in [0.2, 0.25) is 0 Å². The summed E-state index contributed by atoms with van der Waals surface area (Å²) in [6.07, 6.45) is 0. The van der Waals surface area contributed by atoms with Crippen LogP contribution in [-0.4, -0.2) is 23.8 Å². The van der Waals surface area contributed by atoms with Gasteiger partial charge in [0.1, 0.15) is 0 Å². The summed E-state index contributed by atoms with van der Waals surface area (Å²) in [6.45, 7) is 3.94. The van der Waals surface area contributed by atoms with Crippen LogP contribution in [-0.2, 0) is 9.53 Å². The number of H-pyrrole nitrogens is 1. The highest BCUT2D eigenvalue weighted by Crippen LogP contribution is 2.28. The third-order valence-electron chi connectivity index (χ3n) is 2.91. The molecular formula is C14H15NO3. The lowest BCUT2D eigenvalue weighted by atomic mass is 10.0. The van der Waals surface area contributed by atoms with Gasteiger partial charge in [-0.05, 0) is 12.0 Å². The maximum atomic E-state index is 12.1. The number of hydrogen-bond donors (Lipinski definition) is 1. The predicted molar refractivity (Wildman–Crippen MR) is 68.7 cm³/mol. The minimum Gasteiger partial charge on any atom is -0.463 e. The number of carbonyl (C=O) groups is 2. The molecule has 2 aromatic rings. The van der Waals surface area contributed by atoms with Crippen LogP contribution in [0.4, 0.5) is 0 Å². The molecule has 0 spiro atoms. The van der Waals surface area contributed by atoms with Gasteiger partial charge in [-0.2, -0.15) is 0 Å². The molecule has 0 atom stereocenters. The number of Topliss-reactive ketones (excluding diaryl/α,β-unsaturated/α-hetero) is 1. The van der Waals surface area contributed by atoms with Crippen LogP contribution >= 0.6 is 0 Å². The molecule has 0 amide bonds. The number of rotatable bonds is 3. The number of fused-ring (bicyclic) bond motifs is 1. The zero-order valence-corrected chi connectivity index (χ0v) is 10.6. The monoisotopic (exact) mass is 245 g/mol. The number of para-hydroxylation sites is 1. The molecule has 0 saturated carbocycles. The zero-order valence-electron chi connectivity index (χ0n) is 10.6. The van der Waals surface area contributed by atoms with Gasteiger partial charge in [0, 0.05) is 16.6 Å². The molecule has 18 heavy (non-hydrogen) atoms. The Balaban J connectivity index is 2.69. The maximum Gasteiger partial charge on any atom is 0.379 e. The fourth-order valence-corrected chi connectivity index (χ4v) is 2.04. The molecule has 94 valence electrons. The highest BCUT2D eigenvalue weighted by atomic mass is 16.5. The second-order valence-corrected chi connectivity index (χ2v) is 4.43. The molecule has 0 bridgehead atoms. The van der Waals surface area contributed by atoms with Crippen molar-refractivity contribution in [3.63, 3.8) is 0 Å². The van der Waals surface area contributed by atoms with Crippen molar-refractivity contribution in [1.82, 2.24) is 4.98 Å². The van der Waals surface area contributed by atoms with Crippen molar-refractivity contribution >= 4 is 22.7 Å². The van der Waals surface area contributed by atoms with Crippen molar-refractivity contribution in [2.45, 2.75) is 19.8 Å². The molecule has 4 heteroatoms. The zero-order chi connectivity index (χ0) is 13.3. The Labute approximate surface area is 105 Å². The van der Waals surface area contributed by atoms with Crippen molar-refractivity contribution in [3.8, 4) is 0 Å². The van der Waals surface area contributed by atoms with Crippen molar-refractivity contribution in [2.75, 3.05) is 7.11 Å². The van der Waals surface area contributed by atoms with E-state index in [4.69, 9.17) is 0 Å². The molecule has 1 aromatic heterocycles. The third-order valence-corrected chi connectivity index (χ3v) is 2.91. The third kappa shape index (κ3) is 1.90. The molecule has 0 unspecified atom stereocenters. The van der Waals surface area contributed by atoms with Crippen molar-refractivity contribution < 1.29 is 14.3 Å². The number of aromatic amines is 1. The molecule has 4 nitrogen and oxygen atoms in total. The number of ether oxygens (including phenoxy) is 1. The molecule has 1 heterocycles. The van der Waals surface area contributed by atoms with E-state index in [2.05, 4.69) is 9.72 Å². The van der Waals surface area contributed by atoms with E-state index in [-0.39, 0.29) is 5.92 Å². The summed E-state index contributed by atoms with van der Waals surface area (Å²) >= 11 is 0. The average molecular weight is 245 g/mol. The van der Waals surface area contributed by atoms with Gasteiger partial charge in [-0.1, -0.05) is 32.0 Å². The first-order valence-electron chi connectivity index (χ1n) is 5.79. The summed E-state index contributed by atoms with van der Waals surface area (Å²) in [5.74, 6) is -1.30. The number of methoxy groups -OCH3 is 1. The van der Waals surface area contributed by atoms with Crippen molar-refractivity contribution in [1.29, 1.82) is 0 Å². The minimum absolute atomic E-state index is 0.126. The van der Waals surface area contributed by atoms with Crippen molar-refractivity contribution in [3.05, 3.63) is 35.5 Å². The van der Waals surface area contributed by atoms with E-state index in [1.165, 1.54) is 7.11 Å². The first-order chi connectivity index (χ1) is 8.56. The topological polar surface area (TPSA) is 59.2 Å². The van der Waals surface area contributed by atoms with Gasteiger partial charge < -0.3 is 9.72 Å². The molecule has 1 aromatic carbocycles. The first-order valence-corrected chi connectivity index (χ1v) is 5.79. The quantitative estimate of drug-likeness (QED) is 0.513. The summed E-state index contributed by atoms with van der Waals surface area (Å²) in [5.41, 5.74) is 2.05. The van der Waals surface area contributed by atoms with Crippen LogP contribution in [0.5, 0.6) is 0 Å². The van der Waals surface area contributed by atoms with E-state index in [0.717, 1.165) is 16.6 Å². The summed E-state index contributed by atoms with van der Waals surface area (Å²) in [7, 11) is 1.21. The highest BCUT2D eigenvalue weighted by Gasteiger charge is 2.25. The second-order valence-electron chi connectivity index (χ2n) is 4.43. The van der Waals surface area contributed by atoms with Gasteiger partial charge in [0.25, 0.3) is 5.78 Å². The van der Waals surface area contributed by atoms with Crippen LogP contribution < -0.4 is 0 Å². The molecule has 0 aliphatic carbocycles.